The van der Waals surface area contributed by atoms with Crippen LogP contribution in [0.15, 0.2) is 36.0 Å². The Labute approximate surface area is 292 Å². The van der Waals surface area contributed by atoms with Crippen LogP contribution >= 0.6 is 0 Å². The average Bonchev–Trinajstić information content (AvgIpc) is 3.40. The van der Waals surface area contributed by atoms with Gasteiger partial charge in [-0.25, -0.2) is 0 Å². The van der Waals surface area contributed by atoms with Gasteiger partial charge in [-0.3, -0.25) is 0 Å². The van der Waals surface area contributed by atoms with Gasteiger partial charge in [0.1, 0.15) is 0 Å². The summed E-state index contributed by atoms with van der Waals surface area (Å²) < 4.78 is 0. The molecule has 0 radical (unpaired) electrons. The van der Waals surface area contributed by atoms with Gasteiger partial charge in [-0.2, -0.15) is 0 Å². The van der Waals surface area contributed by atoms with E-state index in [0.717, 1.165) is 74.0 Å². The Kier molecular flexibility index (Phi) is 15.7. The molecule has 3 fully saturated rings. The maximum atomic E-state index is 11.8. The number of hydrogen-bond acceptors (Lipinski definition) is 2. The zero-order valence-corrected chi connectivity index (χ0v) is 31.9. The minimum absolute atomic E-state index is 0.331. The van der Waals surface area contributed by atoms with Crippen molar-refractivity contribution < 1.29 is 10.2 Å². The number of fused-ring (bicyclic) bond motifs is 5. The van der Waals surface area contributed by atoms with Crippen molar-refractivity contribution in [2.24, 2.45) is 46.3 Å². The SMILES string of the molecule is CC(C)CCC[C@@H](C)[C@H]1CC[C@H]2[C@@H]3CC=C4CC(O)(CCCCCC=CCC=CCCCCCCCCO)CC[C@]4(C)[C@H]3CC[C@]12C. The summed E-state index contributed by atoms with van der Waals surface area (Å²) in [5.41, 5.74) is 2.06. The third kappa shape index (κ3) is 10.6. The van der Waals surface area contributed by atoms with E-state index in [2.05, 4.69) is 65.0 Å². The highest BCUT2D eigenvalue weighted by atomic mass is 16.3. The molecule has 2 nitrogen and oxygen atoms in total. The molecule has 0 aliphatic heterocycles. The molecule has 0 heterocycles. The molecule has 0 spiro atoms. The third-order valence-electron chi connectivity index (χ3n) is 14.4. The lowest BCUT2D eigenvalue weighted by molar-refractivity contribution is -0.0771. The lowest BCUT2D eigenvalue weighted by atomic mass is 9.46. The van der Waals surface area contributed by atoms with E-state index >= 15 is 0 Å². The first-order chi connectivity index (χ1) is 22.6. The lowest BCUT2D eigenvalue weighted by Gasteiger charge is -2.59. The minimum atomic E-state index is -0.467. The maximum Gasteiger partial charge on any atom is 0.0685 e. The Morgan fingerprint density at radius 3 is 2.13 bits per heavy atom. The molecule has 0 aromatic rings. The fourth-order valence-corrected chi connectivity index (χ4v) is 11.4. The molecule has 0 amide bonds. The molecular weight excluding hydrogens is 572 g/mol. The van der Waals surface area contributed by atoms with Gasteiger partial charge < -0.3 is 10.2 Å². The van der Waals surface area contributed by atoms with Crippen molar-refractivity contribution in [1.29, 1.82) is 0 Å². The molecule has 4 aliphatic carbocycles. The van der Waals surface area contributed by atoms with Crippen molar-refractivity contribution in [3.05, 3.63) is 36.0 Å². The Morgan fingerprint density at radius 1 is 0.745 bits per heavy atom. The quantitative estimate of drug-likeness (QED) is 0.0958. The van der Waals surface area contributed by atoms with Crippen molar-refractivity contribution >= 4 is 0 Å². The van der Waals surface area contributed by atoms with Crippen molar-refractivity contribution in [1.82, 2.24) is 0 Å². The van der Waals surface area contributed by atoms with Gasteiger partial charge in [0.05, 0.1) is 5.60 Å². The van der Waals surface area contributed by atoms with Gasteiger partial charge in [-0.05, 0) is 143 Å². The van der Waals surface area contributed by atoms with E-state index < -0.39 is 5.60 Å². The van der Waals surface area contributed by atoms with E-state index in [0.29, 0.717) is 17.4 Å². The van der Waals surface area contributed by atoms with Crippen LogP contribution in [0.5, 0.6) is 0 Å². The second kappa shape index (κ2) is 18.9. The summed E-state index contributed by atoms with van der Waals surface area (Å²) in [5, 5.41) is 20.6. The van der Waals surface area contributed by atoms with Gasteiger partial charge in [-0.1, -0.05) is 128 Å². The maximum absolute atomic E-state index is 11.8. The van der Waals surface area contributed by atoms with Crippen LogP contribution in [0.4, 0.5) is 0 Å². The summed E-state index contributed by atoms with van der Waals surface area (Å²) in [6.07, 6.45) is 41.9. The topological polar surface area (TPSA) is 40.5 Å². The zero-order valence-electron chi connectivity index (χ0n) is 31.9. The highest BCUT2D eigenvalue weighted by molar-refractivity contribution is 5.27. The molecular formula is C45H78O2. The third-order valence-corrected chi connectivity index (χ3v) is 14.4. The molecule has 4 rings (SSSR count). The number of hydrogen-bond donors (Lipinski definition) is 2. The van der Waals surface area contributed by atoms with E-state index in [-0.39, 0.29) is 0 Å². The molecule has 270 valence electrons. The number of aliphatic hydroxyl groups is 2. The van der Waals surface area contributed by atoms with E-state index in [1.54, 1.807) is 5.57 Å². The summed E-state index contributed by atoms with van der Waals surface area (Å²) in [4.78, 5) is 0. The van der Waals surface area contributed by atoms with Crippen LogP contribution in [0, 0.1) is 46.3 Å². The first-order valence-electron chi connectivity index (χ1n) is 21.0. The Hall–Kier alpha value is -0.860. The second-order valence-electron chi connectivity index (χ2n) is 18.1. The molecule has 2 N–H and O–H groups in total. The first-order valence-corrected chi connectivity index (χ1v) is 21.0. The van der Waals surface area contributed by atoms with Crippen molar-refractivity contribution in [2.45, 2.75) is 194 Å². The summed E-state index contributed by atoms with van der Waals surface area (Å²) in [5.74, 6) is 5.29. The van der Waals surface area contributed by atoms with E-state index in [1.165, 1.54) is 116 Å². The molecule has 4 aliphatic rings. The monoisotopic (exact) mass is 651 g/mol. The predicted octanol–water partition coefficient (Wildman–Crippen LogP) is 12.9. The van der Waals surface area contributed by atoms with Crippen molar-refractivity contribution in [3.8, 4) is 0 Å². The fourth-order valence-electron chi connectivity index (χ4n) is 11.4. The number of unbranched alkanes of at least 4 members (excludes halogenated alkanes) is 9. The smallest absolute Gasteiger partial charge is 0.0685 e. The molecule has 2 heteroatoms. The van der Waals surface area contributed by atoms with Crippen LogP contribution < -0.4 is 0 Å². The van der Waals surface area contributed by atoms with Crippen LogP contribution in [0.1, 0.15) is 189 Å². The molecule has 0 saturated heterocycles. The van der Waals surface area contributed by atoms with Crippen LogP contribution in [-0.4, -0.2) is 22.4 Å². The van der Waals surface area contributed by atoms with Crippen LogP contribution in [-0.2, 0) is 0 Å². The second-order valence-corrected chi connectivity index (χ2v) is 18.1. The van der Waals surface area contributed by atoms with E-state index in [1.807, 2.05) is 0 Å². The number of allylic oxidation sites excluding steroid dienone is 5. The number of aliphatic hydroxyl groups excluding tert-OH is 1. The Morgan fingerprint density at radius 2 is 1.43 bits per heavy atom. The first kappa shape index (κ1) is 38.9. The van der Waals surface area contributed by atoms with Crippen LogP contribution in [0.25, 0.3) is 0 Å². The molecule has 47 heavy (non-hydrogen) atoms. The van der Waals surface area contributed by atoms with Gasteiger partial charge in [0.15, 0.2) is 0 Å². The highest BCUT2D eigenvalue weighted by Crippen LogP contribution is 2.68. The van der Waals surface area contributed by atoms with E-state index in [4.69, 9.17) is 5.11 Å². The summed E-state index contributed by atoms with van der Waals surface area (Å²) in [6, 6.07) is 0. The molecule has 0 aromatic carbocycles. The predicted molar refractivity (Wildman–Crippen MR) is 203 cm³/mol. The van der Waals surface area contributed by atoms with Gasteiger partial charge in [0, 0.05) is 6.61 Å². The molecule has 0 bridgehead atoms. The van der Waals surface area contributed by atoms with Crippen molar-refractivity contribution in [3.63, 3.8) is 0 Å². The summed E-state index contributed by atoms with van der Waals surface area (Å²) >= 11 is 0. The summed E-state index contributed by atoms with van der Waals surface area (Å²) in [6.45, 7) is 13.0. The van der Waals surface area contributed by atoms with Crippen LogP contribution in [0.2, 0.25) is 0 Å². The van der Waals surface area contributed by atoms with Gasteiger partial charge in [-0.15, -0.1) is 0 Å². The van der Waals surface area contributed by atoms with Gasteiger partial charge in [0.2, 0.25) is 0 Å². The molecule has 1 unspecified atom stereocenters. The fraction of sp³-hybridized carbons (Fsp3) is 0.867. The highest BCUT2D eigenvalue weighted by Gasteiger charge is 2.59. The van der Waals surface area contributed by atoms with Crippen LogP contribution in [0.3, 0.4) is 0 Å². The van der Waals surface area contributed by atoms with E-state index in [9.17, 15) is 5.11 Å². The number of rotatable bonds is 21. The molecule has 0 aromatic heterocycles. The normalized spacial score (nSPS) is 34.5. The largest absolute Gasteiger partial charge is 0.396 e. The standard InChI is InChI=1S/C45H78O2/c1-36(2)23-22-24-37(3)40-27-28-41-39-26-25-38-35-45(47,33-32-43(38,4)42(39)29-31-44(40,41)5)30-20-18-16-14-12-10-8-6-7-9-11-13-15-17-19-21-34-46/h6-7,10,12,25,36-37,39-42,46-47H,8-9,11,13-24,26-35H2,1-5H3/t37-,39+,40-,41+,42+,43+,44-,45?/m1/s1. The lowest BCUT2D eigenvalue weighted by Crippen LogP contribution is -2.52. The zero-order chi connectivity index (χ0) is 33.8. The van der Waals surface area contributed by atoms with Gasteiger partial charge in [0.25, 0.3) is 0 Å². The Balaban J connectivity index is 1.14. The Bertz CT molecular complexity index is 992. The van der Waals surface area contributed by atoms with Gasteiger partial charge >= 0.3 is 0 Å². The summed E-state index contributed by atoms with van der Waals surface area (Å²) in [7, 11) is 0. The average molecular weight is 651 g/mol. The molecule has 8 atom stereocenters. The minimum Gasteiger partial charge on any atom is -0.396 e. The molecule has 3 saturated carbocycles. The van der Waals surface area contributed by atoms with Crippen molar-refractivity contribution in [2.75, 3.05) is 6.61 Å².